The first-order valence-electron chi connectivity index (χ1n) is 7.89. The normalized spacial score (nSPS) is 19.0. The molecule has 2 N–H and O–H groups in total. The molecule has 4 rings (SSSR count). The van der Waals surface area contributed by atoms with E-state index in [1.54, 1.807) is 6.20 Å². The summed E-state index contributed by atoms with van der Waals surface area (Å²) in [6.45, 7) is 5.99. The molecule has 0 aliphatic carbocycles. The van der Waals surface area contributed by atoms with E-state index in [9.17, 15) is 4.79 Å². The molecule has 0 amide bonds. The molecule has 0 spiro atoms. The van der Waals surface area contributed by atoms with E-state index < -0.39 is 0 Å². The highest BCUT2D eigenvalue weighted by Gasteiger charge is 2.21. The molecule has 4 heterocycles. The SMILES string of the molecule is Cc1[nH]ncc1-c1cc2nc(CN3CCCC3C)[nH]c(=O)c2s1. The van der Waals surface area contributed by atoms with E-state index in [1.807, 2.05) is 13.0 Å². The number of rotatable bonds is 3. The first kappa shape index (κ1) is 14.6. The molecule has 0 bridgehead atoms. The van der Waals surface area contributed by atoms with Crippen molar-refractivity contribution in [2.45, 2.75) is 39.3 Å². The van der Waals surface area contributed by atoms with Crippen molar-refractivity contribution in [1.82, 2.24) is 25.1 Å². The van der Waals surface area contributed by atoms with Gasteiger partial charge >= 0.3 is 0 Å². The van der Waals surface area contributed by atoms with E-state index in [0.717, 1.165) is 34.0 Å². The predicted octanol–water partition coefficient (Wildman–Crippen LogP) is 2.67. The summed E-state index contributed by atoms with van der Waals surface area (Å²) >= 11 is 1.47. The van der Waals surface area contributed by atoms with Gasteiger partial charge in [-0.1, -0.05) is 0 Å². The second-order valence-corrected chi connectivity index (χ2v) is 7.26. The average Bonchev–Trinajstić information content (AvgIpc) is 3.20. The smallest absolute Gasteiger partial charge is 0.268 e. The van der Waals surface area contributed by atoms with Crippen LogP contribution in [0.2, 0.25) is 0 Å². The first-order chi connectivity index (χ1) is 11.1. The van der Waals surface area contributed by atoms with Crippen molar-refractivity contribution in [3.63, 3.8) is 0 Å². The maximum absolute atomic E-state index is 12.4. The third-order valence-electron chi connectivity index (χ3n) is 4.57. The third-order valence-corrected chi connectivity index (χ3v) is 5.73. The molecule has 1 aliphatic rings. The summed E-state index contributed by atoms with van der Waals surface area (Å²) in [6, 6.07) is 2.55. The molecular formula is C16H19N5OS. The van der Waals surface area contributed by atoms with Crippen LogP contribution in [0.15, 0.2) is 17.1 Å². The largest absolute Gasteiger partial charge is 0.308 e. The molecule has 1 fully saturated rings. The zero-order valence-corrected chi connectivity index (χ0v) is 14.0. The maximum Gasteiger partial charge on any atom is 0.268 e. The number of fused-ring (bicyclic) bond motifs is 1. The van der Waals surface area contributed by atoms with Crippen molar-refractivity contribution in [1.29, 1.82) is 0 Å². The Morgan fingerprint density at radius 1 is 1.48 bits per heavy atom. The fourth-order valence-electron chi connectivity index (χ4n) is 3.22. The fourth-order valence-corrected chi connectivity index (χ4v) is 4.27. The molecule has 3 aromatic rings. The minimum absolute atomic E-state index is 0.0470. The molecule has 1 saturated heterocycles. The quantitative estimate of drug-likeness (QED) is 0.774. The van der Waals surface area contributed by atoms with Crippen LogP contribution in [0.4, 0.5) is 0 Å². The van der Waals surface area contributed by atoms with Gasteiger partial charge in [0.05, 0.1) is 18.3 Å². The highest BCUT2D eigenvalue weighted by Crippen LogP contribution is 2.32. The number of H-pyrrole nitrogens is 2. The molecular weight excluding hydrogens is 310 g/mol. The van der Waals surface area contributed by atoms with E-state index in [4.69, 9.17) is 0 Å². The number of aryl methyl sites for hydroxylation is 1. The Morgan fingerprint density at radius 3 is 3.04 bits per heavy atom. The van der Waals surface area contributed by atoms with Crippen molar-refractivity contribution >= 4 is 21.6 Å². The lowest BCUT2D eigenvalue weighted by Gasteiger charge is -2.19. The highest BCUT2D eigenvalue weighted by atomic mass is 32.1. The second-order valence-electron chi connectivity index (χ2n) is 6.21. The third kappa shape index (κ3) is 2.60. The van der Waals surface area contributed by atoms with E-state index >= 15 is 0 Å². The summed E-state index contributed by atoms with van der Waals surface area (Å²) in [5.41, 5.74) is 2.76. The lowest BCUT2D eigenvalue weighted by molar-refractivity contribution is 0.254. The van der Waals surface area contributed by atoms with Gasteiger partial charge in [0.2, 0.25) is 0 Å². The predicted molar refractivity (Wildman–Crippen MR) is 91.7 cm³/mol. The van der Waals surface area contributed by atoms with Crippen molar-refractivity contribution < 1.29 is 0 Å². The molecule has 7 heteroatoms. The van der Waals surface area contributed by atoms with Crippen molar-refractivity contribution in [2.24, 2.45) is 0 Å². The number of hydrogen-bond donors (Lipinski definition) is 2. The van der Waals surface area contributed by atoms with Gasteiger partial charge in [-0.25, -0.2) is 4.98 Å². The number of nitrogens with zero attached hydrogens (tertiary/aromatic N) is 3. The molecule has 1 atom stereocenters. The van der Waals surface area contributed by atoms with Crippen LogP contribution in [0, 0.1) is 6.92 Å². The van der Waals surface area contributed by atoms with Gasteiger partial charge in [-0.3, -0.25) is 14.8 Å². The van der Waals surface area contributed by atoms with Crippen LogP contribution in [-0.2, 0) is 6.54 Å². The van der Waals surface area contributed by atoms with Crippen LogP contribution in [0.25, 0.3) is 20.7 Å². The molecule has 0 saturated carbocycles. The molecule has 6 nitrogen and oxygen atoms in total. The monoisotopic (exact) mass is 329 g/mol. The maximum atomic E-state index is 12.4. The molecule has 1 unspecified atom stereocenters. The number of nitrogens with one attached hydrogen (secondary N) is 2. The zero-order chi connectivity index (χ0) is 16.0. The molecule has 1 aliphatic heterocycles. The summed E-state index contributed by atoms with van der Waals surface area (Å²) < 4.78 is 0.679. The van der Waals surface area contributed by atoms with Crippen molar-refractivity contribution in [2.75, 3.05) is 6.54 Å². The van der Waals surface area contributed by atoms with Crippen LogP contribution in [-0.4, -0.2) is 37.7 Å². The average molecular weight is 329 g/mol. The number of aromatic nitrogens is 4. The summed E-state index contributed by atoms with van der Waals surface area (Å²) in [6.07, 6.45) is 4.23. The Morgan fingerprint density at radius 2 is 2.35 bits per heavy atom. The summed E-state index contributed by atoms with van der Waals surface area (Å²) in [7, 11) is 0. The number of likely N-dealkylation sites (tertiary alicyclic amines) is 1. The van der Waals surface area contributed by atoms with Crippen LogP contribution in [0.3, 0.4) is 0 Å². The van der Waals surface area contributed by atoms with Gasteiger partial charge in [-0.05, 0) is 39.3 Å². The van der Waals surface area contributed by atoms with Crippen molar-refractivity contribution in [3.8, 4) is 10.4 Å². The molecule has 120 valence electrons. The van der Waals surface area contributed by atoms with Crippen LogP contribution in [0.1, 0.15) is 31.3 Å². The van der Waals surface area contributed by atoms with Gasteiger partial charge < -0.3 is 4.98 Å². The van der Waals surface area contributed by atoms with Gasteiger partial charge in [0, 0.05) is 22.2 Å². The van der Waals surface area contributed by atoms with E-state index in [2.05, 4.69) is 32.0 Å². The van der Waals surface area contributed by atoms with Gasteiger partial charge in [0.1, 0.15) is 10.5 Å². The van der Waals surface area contributed by atoms with Crippen molar-refractivity contribution in [3.05, 3.63) is 34.1 Å². The Bertz CT molecular complexity index is 909. The highest BCUT2D eigenvalue weighted by molar-refractivity contribution is 7.22. The molecule has 0 aromatic carbocycles. The van der Waals surface area contributed by atoms with Gasteiger partial charge in [-0.15, -0.1) is 11.3 Å². The minimum Gasteiger partial charge on any atom is -0.308 e. The Labute approximate surface area is 137 Å². The zero-order valence-electron chi connectivity index (χ0n) is 13.2. The van der Waals surface area contributed by atoms with Crippen LogP contribution >= 0.6 is 11.3 Å². The molecule has 0 radical (unpaired) electrons. The van der Waals surface area contributed by atoms with Gasteiger partial charge in [-0.2, -0.15) is 5.10 Å². The Hall–Kier alpha value is -1.99. The van der Waals surface area contributed by atoms with E-state index in [1.165, 1.54) is 24.2 Å². The molecule has 23 heavy (non-hydrogen) atoms. The van der Waals surface area contributed by atoms with Crippen LogP contribution in [0.5, 0.6) is 0 Å². The Balaban J connectivity index is 1.72. The number of hydrogen-bond acceptors (Lipinski definition) is 5. The Kier molecular flexibility index (Phi) is 3.54. The summed E-state index contributed by atoms with van der Waals surface area (Å²) in [5, 5.41) is 6.99. The first-order valence-corrected chi connectivity index (χ1v) is 8.70. The van der Waals surface area contributed by atoms with Gasteiger partial charge in [0.25, 0.3) is 5.56 Å². The summed E-state index contributed by atoms with van der Waals surface area (Å²) in [5.74, 6) is 0.754. The number of aromatic amines is 2. The fraction of sp³-hybridized carbons (Fsp3) is 0.438. The van der Waals surface area contributed by atoms with Gasteiger partial charge in [0.15, 0.2) is 0 Å². The lowest BCUT2D eigenvalue weighted by atomic mass is 10.2. The standard InChI is InChI=1S/C16H19N5OS/c1-9-4-3-5-21(9)8-14-18-12-6-13(11-7-17-20-10(11)2)23-15(12)16(22)19-14/h6-7,9H,3-5,8H2,1-2H3,(H,17,20)(H,18,19,22). The molecule has 3 aromatic heterocycles. The minimum atomic E-state index is -0.0470. The summed E-state index contributed by atoms with van der Waals surface area (Å²) in [4.78, 5) is 23.4. The van der Waals surface area contributed by atoms with E-state index in [-0.39, 0.29) is 5.56 Å². The topological polar surface area (TPSA) is 77.7 Å². The van der Waals surface area contributed by atoms with E-state index in [0.29, 0.717) is 17.3 Å². The van der Waals surface area contributed by atoms with Crippen LogP contribution < -0.4 is 5.56 Å². The number of thiophene rings is 1. The lowest BCUT2D eigenvalue weighted by Crippen LogP contribution is -2.28. The second kappa shape index (κ2) is 5.58.